The fourth-order valence-corrected chi connectivity index (χ4v) is 3.81. The number of ether oxygens (including phenoxy) is 2. The van der Waals surface area contributed by atoms with Crippen molar-refractivity contribution in [3.05, 3.63) is 29.3 Å². The van der Waals surface area contributed by atoms with Crippen LogP contribution in [-0.2, 0) is 11.3 Å². The van der Waals surface area contributed by atoms with E-state index in [9.17, 15) is 5.11 Å². The van der Waals surface area contributed by atoms with Crippen LogP contribution >= 0.6 is 0 Å². The second kappa shape index (κ2) is 10.1. The average molecular weight is 390 g/mol. The van der Waals surface area contributed by atoms with Gasteiger partial charge in [-0.3, -0.25) is 0 Å². The highest BCUT2D eigenvalue weighted by molar-refractivity contribution is 5.79. The minimum atomic E-state index is -0.600. The van der Waals surface area contributed by atoms with Gasteiger partial charge in [0.1, 0.15) is 5.75 Å². The Bertz CT molecular complexity index is 650. The molecule has 3 rings (SSSR count). The number of hydrogen-bond acceptors (Lipinski definition) is 4. The quantitative estimate of drug-likeness (QED) is 0.471. The lowest BCUT2D eigenvalue weighted by Crippen LogP contribution is -2.46. The summed E-state index contributed by atoms with van der Waals surface area (Å²) in [6, 6.07) is 6.27. The van der Waals surface area contributed by atoms with E-state index in [1.165, 1.54) is 5.56 Å². The molecule has 156 valence electrons. The summed E-state index contributed by atoms with van der Waals surface area (Å²) in [5.41, 5.74) is 1.65. The minimum Gasteiger partial charge on any atom is -0.493 e. The van der Waals surface area contributed by atoms with Gasteiger partial charge in [0.05, 0.1) is 25.4 Å². The first-order valence-corrected chi connectivity index (χ1v) is 10.6. The molecule has 2 aliphatic rings. The SMILES string of the molecule is CCNC(=NCc1ccc(C)cc1OCC1CCOC1)NCC1(O)CCCC1. The van der Waals surface area contributed by atoms with Gasteiger partial charge in [-0.2, -0.15) is 0 Å². The Morgan fingerprint density at radius 2 is 2.14 bits per heavy atom. The summed E-state index contributed by atoms with van der Waals surface area (Å²) in [5.74, 6) is 2.11. The summed E-state index contributed by atoms with van der Waals surface area (Å²) >= 11 is 0. The zero-order valence-electron chi connectivity index (χ0n) is 17.3. The van der Waals surface area contributed by atoms with Crippen LogP contribution in [0.25, 0.3) is 0 Å². The second-order valence-corrected chi connectivity index (χ2v) is 8.13. The van der Waals surface area contributed by atoms with Gasteiger partial charge in [0.2, 0.25) is 0 Å². The maximum Gasteiger partial charge on any atom is 0.191 e. The Balaban J connectivity index is 1.61. The van der Waals surface area contributed by atoms with Crippen LogP contribution in [0, 0.1) is 12.8 Å². The number of guanidine groups is 1. The maximum absolute atomic E-state index is 10.6. The van der Waals surface area contributed by atoms with Crippen LogP contribution in [0.2, 0.25) is 0 Å². The van der Waals surface area contributed by atoms with Gasteiger partial charge in [-0.05, 0) is 44.7 Å². The van der Waals surface area contributed by atoms with E-state index >= 15 is 0 Å². The number of benzene rings is 1. The molecule has 1 aliphatic heterocycles. The average Bonchev–Trinajstić information content (AvgIpc) is 3.35. The Hall–Kier alpha value is -1.79. The molecule has 1 aromatic carbocycles. The fraction of sp³-hybridized carbons (Fsp3) is 0.682. The van der Waals surface area contributed by atoms with Crippen LogP contribution in [0.1, 0.15) is 50.2 Å². The molecule has 0 radical (unpaired) electrons. The molecule has 1 aliphatic carbocycles. The molecule has 1 heterocycles. The van der Waals surface area contributed by atoms with Crippen molar-refractivity contribution in [2.75, 3.05) is 32.9 Å². The van der Waals surface area contributed by atoms with Gasteiger partial charge in [0.15, 0.2) is 5.96 Å². The highest BCUT2D eigenvalue weighted by Gasteiger charge is 2.31. The first-order chi connectivity index (χ1) is 13.6. The molecule has 1 saturated carbocycles. The molecule has 28 heavy (non-hydrogen) atoms. The van der Waals surface area contributed by atoms with Crippen LogP contribution in [0.15, 0.2) is 23.2 Å². The van der Waals surface area contributed by atoms with Gasteiger partial charge in [0.25, 0.3) is 0 Å². The van der Waals surface area contributed by atoms with Crippen molar-refractivity contribution in [1.29, 1.82) is 0 Å². The smallest absolute Gasteiger partial charge is 0.191 e. The minimum absolute atomic E-state index is 0.475. The van der Waals surface area contributed by atoms with Crippen LogP contribution in [0.4, 0.5) is 0 Å². The van der Waals surface area contributed by atoms with E-state index in [4.69, 9.17) is 14.5 Å². The van der Waals surface area contributed by atoms with E-state index in [-0.39, 0.29) is 0 Å². The zero-order valence-corrected chi connectivity index (χ0v) is 17.3. The van der Waals surface area contributed by atoms with E-state index < -0.39 is 5.60 Å². The lowest BCUT2D eigenvalue weighted by molar-refractivity contribution is 0.0522. The molecule has 1 unspecified atom stereocenters. The van der Waals surface area contributed by atoms with Crippen molar-refractivity contribution in [1.82, 2.24) is 10.6 Å². The molecule has 0 bridgehead atoms. The standard InChI is InChI=1S/C22H35N3O3/c1-3-23-21(25-16-22(26)9-4-5-10-22)24-13-19-7-6-17(2)12-20(19)28-15-18-8-11-27-14-18/h6-7,12,18,26H,3-5,8-11,13-16H2,1-2H3,(H2,23,24,25). The van der Waals surface area contributed by atoms with Crippen molar-refractivity contribution in [2.45, 2.75) is 58.1 Å². The summed E-state index contributed by atoms with van der Waals surface area (Å²) in [7, 11) is 0. The largest absolute Gasteiger partial charge is 0.493 e. The van der Waals surface area contributed by atoms with E-state index in [2.05, 4.69) is 35.8 Å². The maximum atomic E-state index is 10.6. The number of aliphatic hydroxyl groups is 1. The lowest BCUT2D eigenvalue weighted by Gasteiger charge is -2.24. The molecule has 1 atom stereocenters. The number of aliphatic imine (C=N–C) groups is 1. The Morgan fingerprint density at radius 3 is 2.86 bits per heavy atom. The molecule has 2 fully saturated rings. The Kier molecular flexibility index (Phi) is 7.57. The monoisotopic (exact) mass is 389 g/mol. The third-order valence-electron chi connectivity index (χ3n) is 5.59. The summed E-state index contributed by atoms with van der Waals surface area (Å²) in [6.45, 7) is 8.29. The van der Waals surface area contributed by atoms with Crippen LogP contribution in [-0.4, -0.2) is 49.6 Å². The molecule has 1 saturated heterocycles. The molecule has 6 nitrogen and oxygen atoms in total. The van der Waals surface area contributed by atoms with E-state index in [0.717, 1.165) is 69.1 Å². The van der Waals surface area contributed by atoms with E-state index in [0.29, 0.717) is 25.6 Å². The fourth-order valence-electron chi connectivity index (χ4n) is 3.81. The van der Waals surface area contributed by atoms with Gasteiger partial charge < -0.3 is 25.2 Å². The summed E-state index contributed by atoms with van der Waals surface area (Å²) in [5, 5.41) is 17.2. The normalized spacial score (nSPS) is 21.7. The third kappa shape index (κ3) is 6.11. The van der Waals surface area contributed by atoms with Crippen molar-refractivity contribution in [3.63, 3.8) is 0 Å². The number of nitrogens with zero attached hydrogens (tertiary/aromatic N) is 1. The van der Waals surface area contributed by atoms with Crippen molar-refractivity contribution in [3.8, 4) is 5.75 Å². The number of hydrogen-bond donors (Lipinski definition) is 3. The summed E-state index contributed by atoms with van der Waals surface area (Å²) in [6.07, 6.45) is 4.99. The van der Waals surface area contributed by atoms with Crippen molar-refractivity contribution < 1.29 is 14.6 Å². The highest BCUT2D eigenvalue weighted by atomic mass is 16.5. The number of aryl methyl sites for hydroxylation is 1. The Morgan fingerprint density at radius 1 is 1.32 bits per heavy atom. The molecular formula is C22H35N3O3. The van der Waals surface area contributed by atoms with Crippen LogP contribution in [0.5, 0.6) is 5.75 Å². The first-order valence-electron chi connectivity index (χ1n) is 10.6. The predicted octanol–water partition coefficient (Wildman–Crippen LogP) is 2.77. The third-order valence-corrected chi connectivity index (χ3v) is 5.59. The summed E-state index contributed by atoms with van der Waals surface area (Å²) < 4.78 is 11.6. The molecule has 0 aromatic heterocycles. The zero-order chi connectivity index (χ0) is 19.8. The lowest BCUT2D eigenvalue weighted by atomic mass is 10.0. The second-order valence-electron chi connectivity index (χ2n) is 8.13. The van der Waals surface area contributed by atoms with E-state index in [1.807, 2.05) is 6.92 Å². The number of nitrogens with one attached hydrogen (secondary N) is 2. The summed E-state index contributed by atoms with van der Waals surface area (Å²) in [4.78, 5) is 4.72. The van der Waals surface area contributed by atoms with Crippen LogP contribution in [0.3, 0.4) is 0 Å². The van der Waals surface area contributed by atoms with Gasteiger partial charge in [-0.25, -0.2) is 4.99 Å². The molecule has 1 aromatic rings. The van der Waals surface area contributed by atoms with Crippen molar-refractivity contribution >= 4 is 5.96 Å². The predicted molar refractivity (Wildman–Crippen MR) is 112 cm³/mol. The van der Waals surface area contributed by atoms with Crippen molar-refractivity contribution in [2.24, 2.45) is 10.9 Å². The van der Waals surface area contributed by atoms with Gasteiger partial charge >= 0.3 is 0 Å². The molecular weight excluding hydrogens is 354 g/mol. The first kappa shape index (κ1) is 20.9. The molecule has 3 N–H and O–H groups in total. The van der Waals surface area contributed by atoms with Gasteiger partial charge in [-0.1, -0.05) is 25.0 Å². The van der Waals surface area contributed by atoms with Gasteiger partial charge in [-0.15, -0.1) is 0 Å². The topological polar surface area (TPSA) is 75.1 Å². The number of rotatable bonds is 8. The molecule has 6 heteroatoms. The van der Waals surface area contributed by atoms with Crippen LogP contribution < -0.4 is 15.4 Å². The molecule has 0 amide bonds. The molecule has 0 spiro atoms. The highest BCUT2D eigenvalue weighted by Crippen LogP contribution is 2.28. The van der Waals surface area contributed by atoms with Gasteiger partial charge in [0, 0.05) is 31.2 Å². The van der Waals surface area contributed by atoms with E-state index in [1.54, 1.807) is 0 Å². The Labute approximate surface area is 168 Å².